The molecule has 1 amide bonds. The Labute approximate surface area is 141 Å². The lowest BCUT2D eigenvalue weighted by molar-refractivity contribution is -0.0498. The number of amides is 1. The zero-order valence-corrected chi connectivity index (χ0v) is 12.8. The number of benzene rings is 2. The van der Waals surface area contributed by atoms with Crippen molar-refractivity contribution in [1.82, 2.24) is 25.5 Å². The van der Waals surface area contributed by atoms with Gasteiger partial charge < -0.3 is 10.1 Å². The Bertz CT molecular complexity index is 855. The van der Waals surface area contributed by atoms with Gasteiger partial charge in [-0.05, 0) is 40.3 Å². The van der Waals surface area contributed by atoms with Crippen LogP contribution in [0.1, 0.15) is 15.9 Å². The molecule has 0 spiro atoms. The second-order valence-electron chi connectivity index (χ2n) is 4.98. The number of nitrogens with one attached hydrogen (secondary N) is 1. The number of para-hydroxylation sites is 1. The quantitative estimate of drug-likeness (QED) is 0.741. The number of aromatic nitrogens is 4. The summed E-state index contributed by atoms with van der Waals surface area (Å²) in [5.41, 5.74) is 1.54. The summed E-state index contributed by atoms with van der Waals surface area (Å²) in [4.78, 5) is 12.5. The molecule has 1 N–H and O–H groups in total. The number of hydrogen-bond acceptors (Lipinski definition) is 5. The summed E-state index contributed by atoms with van der Waals surface area (Å²) in [6.45, 7) is -2.74. The Balaban J connectivity index is 1.72. The van der Waals surface area contributed by atoms with Crippen molar-refractivity contribution in [3.63, 3.8) is 0 Å². The average Bonchev–Trinajstić information content (AvgIpc) is 3.14. The summed E-state index contributed by atoms with van der Waals surface area (Å²) in [7, 11) is 0. The Kier molecular flexibility index (Phi) is 4.93. The van der Waals surface area contributed by atoms with Crippen LogP contribution in [0.15, 0.2) is 54.9 Å². The molecular formula is C16H13F2N5O2. The summed E-state index contributed by atoms with van der Waals surface area (Å²) in [6.07, 6.45) is 1.39. The van der Waals surface area contributed by atoms with Gasteiger partial charge in [-0.2, -0.15) is 13.5 Å². The molecule has 0 bridgehead atoms. The zero-order valence-electron chi connectivity index (χ0n) is 12.8. The SMILES string of the molecule is O=C(NCc1cccc(OC(F)F)c1)c1ccccc1-n1cnnn1. The van der Waals surface area contributed by atoms with Crippen molar-refractivity contribution in [2.24, 2.45) is 0 Å². The lowest BCUT2D eigenvalue weighted by atomic mass is 10.1. The van der Waals surface area contributed by atoms with E-state index in [0.717, 1.165) is 0 Å². The zero-order chi connectivity index (χ0) is 17.6. The molecule has 0 fully saturated rings. The maximum absolute atomic E-state index is 12.5. The van der Waals surface area contributed by atoms with Crippen LogP contribution >= 0.6 is 0 Å². The number of hydrogen-bond donors (Lipinski definition) is 1. The molecule has 0 unspecified atom stereocenters. The highest BCUT2D eigenvalue weighted by Gasteiger charge is 2.13. The van der Waals surface area contributed by atoms with Gasteiger partial charge in [-0.1, -0.05) is 24.3 Å². The molecular weight excluding hydrogens is 332 g/mol. The van der Waals surface area contributed by atoms with Crippen molar-refractivity contribution in [2.75, 3.05) is 0 Å². The van der Waals surface area contributed by atoms with Gasteiger partial charge in [-0.3, -0.25) is 4.79 Å². The highest BCUT2D eigenvalue weighted by molar-refractivity contribution is 5.97. The summed E-state index contributed by atoms with van der Waals surface area (Å²) in [5, 5.41) is 13.6. The largest absolute Gasteiger partial charge is 0.435 e. The van der Waals surface area contributed by atoms with Crippen molar-refractivity contribution in [1.29, 1.82) is 0 Å². The first kappa shape index (κ1) is 16.5. The van der Waals surface area contributed by atoms with E-state index in [1.165, 1.54) is 23.1 Å². The fraction of sp³-hybridized carbons (Fsp3) is 0.125. The fourth-order valence-electron chi connectivity index (χ4n) is 2.25. The van der Waals surface area contributed by atoms with Gasteiger partial charge in [0.15, 0.2) is 0 Å². The second-order valence-corrected chi connectivity index (χ2v) is 4.98. The number of nitrogens with zero attached hydrogens (tertiary/aromatic N) is 4. The third kappa shape index (κ3) is 4.14. The van der Waals surface area contributed by atoms with Crippen molar-refractivity contribution in [2.45, 2.75) is 13.2 Å². The van der Waals surface area contributed by atoms with Gasteiger partial charge in [0, 0.05) is 6.54 Å². The maximum atomic E-state index is 12.5. The Morgan fingerprint density at radius 3 is 2.80 bits per heavy atom. The molecule has 0 saturated heterocycles. The average molecular weight is 345 g/mol. The van der Waals surface area contributed by atoms with Crippen molar-refractivity contribution in [3.05, 3.63) is 66.0 Å². The normalized spacial score (nSPS) is 10.7. The van der Waals surface area contributed by atoms with Gasteiger partial charge in [-0.15, -0.1) is 5.10 Å². The third-order valence-corrected chi connectivity index (χ3v) is 3.32. The highest BCUT2D eigenvalue weighted by Crippen LogP contribution is 2.16. The lowest BCUT2D eigenvalue weighted by Crippen LogP contribution is -2.24. The van der Waals surface area contributed by atoms with Crippen LogP contribution in [0.25, 0.3) is 5.69 Å². The van der Waals surface area contributed by atoms with Crippen molar-refractivity contribution >= 4 is 5.91 Å². The van der Waals surface area contributed by atoms with Crippen LogP contribution < -0.4 is 10.1 Å². The highest BCUT2D eigenvalue weighted by atomic mass is 19.3. The molecule has 0 aliphatic rings. The molecule has 128 valence electrons. The van der Waals surface area contributed by atoms with Crippen LogP contribution in [-0.4, -0.2) is 32.7 Å². The summed E-state index contributed by atoms with van der Waals surface area (Å²) in [5.74, 6) is -0.304. The van der Waals surface area contributed by atoms with E-state index in [4.69, 9.17) is 0 Å². The predicted molar refractivity (Wildman–Crippen MR) is 83.4 cm³/mol. The summed E-state index contributed by atoms with van der Waals surface area (Å²) >= 11 is 0. The number of rotatable bonds is 6. The standard InChI is InChI=1S/C16H13F2N5O2/c17-16(18)25-12-5-3-4-11(8-12)9-19-15(24)13-6-1-2-7-14(13)23-10-20-21-22-23/h1-8,10,16H,9H2,(H,19,24). The minimum atomic E-state index is -2.90. The number of carbonyl (C=O) groups excluding carboxylic acids is 1. The number of carbonyl (C=O) groups is 1. The van der Waals surface area contributed by atoms with Gasteiger partial charge in [0.1, 0.15) is 12.1 Å². The second kappa shape index (κ2) is 7.47. The van der Waals surface area contributed by atoms with E-state index in [-0.39, 0.29) is 18.2 Å². The maximum Gasteiger partial charge on any atom is 0.387 e. The van der Waals surface area contributed by atoms with Crippen LogP contribution in [0.5, 0.6) is 5.75 Å². The van der Waals surface area contributed by atoms with E-state index in [2.05, 4.69) is 25.6 Å². The first-order valence-corrected chi connectivity index (χ1v) is 7.28. The molecule has 0 aliphatic carbocycles. The molecule has 3 aromatic rings. The van der Waals surface area contributed by atoms with Crippen molar-refractivity contribution < 1.29 is 18.3 Å². The number of alkyl halides is 2. The van der Waals surface area contributed by atoms with Gasteiger partial charge in [0.2, 0.25) is 0 Å². The third-order valence-electron chi connectivity index (χ3n) is 3.32. The molecule has 7 nitrogen and oxygen atoms in total. The molecule has 0 saturated carbocycles. The Hall–Kier alpha value is -3.36. The molecule has 1 aromatic heterocycles. The molecule has 0 radical (unpaired) electrons. The first-order chi connectivity index (χ1) is 12.1. The van der Waals surface area contributed by atoms with Gasteiger partial charge in [0.05, 0.1) is 11.3 Å². The molecule has 9 heteroatoms. The van der Waals surface area contributed by atoms with E-state index in [1.807, 2.05) is 0 Å². The van der Waals surface area contributed by atoms with Crippen molar-refractivity contribution in [3.8, 4) is 11.4 Å². The molecule has 25 heavy (non-hydrogen) atoms. The first-order valence-electron chi connectivity index (χ1n) is 7.28. The van der Waals surface area contributed by atoms with Crippen LogP contribution in [-0.2, 0) is 6.54 Å². The van der Waals surface area contributed by atoms with Crippen LogP contribution in [0.4, 0.5) is 8.78 Å². The molecule has 0 aliphatic heterocycles. The van der Waals surface area contributed by atoms with Crippen LogP contribution in [0, 0.1) is 0 Å². The molecule has 3 rings (SSSR count). The fourth-order valence-corrected chi connectivity index (χ4v) is 2.25. The Morgan fingerprint density at radius 2 is 2.04 bits per heavy atom. The predicted octanol–water partition coefficient (Wildman–Crippen LogP) is 2.19. The van der Waals surface area contributed by atoms with E-state index in [0.29, 0.717) is 16.8 Å². The summed E-state index contributed by atoms with van der Waals surface area (Å²) < 4.78 is 30.2. The number of tetrazole rings is 1. The molecule has 2 aromatic carbocycles. The Morgan fingerprint density at radius 1 is 1.20 bits per heavy atom. The monoisotopic (exact) mass is 345 g/mol. The number of ether oxygens (including phenoxy) is 1. The number of halogens is 2. The minimum absolute atomic E-state index is 0.0378. The van der Waals surface area contributed by atoms with E-state index >= 15 is 0 Å². The molecule has 0 atom stereocenters. The smallest absolute Gasteiger partial charge is 0.387 e. The van der Waals surface area contributed by atoms with Crippen LogP contribution in [0.2, 0.25) is 0 Å². The molecule has 1 heterocycles. The lowest BCUT2D eigenvalue weighted by Gasteiger charge is -2.10. The summed E-state index contributed by atoms with van der Waals surface area (Å²) in [6, 6.07) is 13.0. The van der Waals surface area contributed by atoms with Crippen LogP contribution in [0.3, 0.4) is 0 Å². The van der Waals surface area contributed by atoms with Gasteiger partial charge >= 0.3 is 6.61 Å². The van der Waals surface area contributed by atoms with E-state index < -0.39 is 6.61 Å². The topological polar surface area (TPSA) is 81.9 Å². The van der Waals surface area contributed by atoms with E-state index in [9.17, 15) is 13.6 Å². The van der Waals surface area contributed by atoms with Gasteiger partial charge in [0.25, 0.3) is 5.91 Å². The van der Waals surface area contributed by atoms with Gasteiger partial charge in [-0.25, -0.2) is 0 Å². The van der Waals surface area contributed by atoms with E-state index in [1.54, 1.807) is 36.4 Å². The minimum Gasteiger partial charge on any atom is -0.435 e.